The standard InChI is InChI=1S/C25H23N3O3/c1-30-23-5-2-3-6-24(23)31-22-13-9-20(10-14-22)18-26-25(29)17-19-7-11-21(12-8-19)28-16-4-15-27-28/h2-16H,17-18H2,1H3,(H,26,29). The highest BCUT2D eigenvalue weighted by molar-refractivity contribution is 5.78. The van der Waals surface area contributed by atoms with E-state index < -0.39 is 0 Å². The predicted molar refractivity (Wildman–Crippen MR) is 119 cm³/mol. The first kappa shape index (κ1) is 20.2. The van der Waals surface area contributed by atoms with Crippen LogP contribution in [-0.4, -0.2) is 22.8 Å². The molecule has 6 nitrogen and oxygen atoms in total. The third kappa shape index (κ3) is 5.30. The molecule has 0 aliphatic carbocycles. The number of ether oxygens (including phenoxy) is 2. The van der Waals surface area contributed by atoms with Crippen LogP contribution in [0.3, 0.4) is 0 Å². The lowest BCUT2D eigenvalue weighted by Gasteiger charge is -2.11. The molecule has 1 heterocycles. The van der Waals surface area contributed by atoms with Crippen molar-refractivity contribution in [3.63, 3.8) is 0 Å². The van der Waals surface area contributed by atoms with Crippen LogP contribution in [0.25, 0.3) is 5.69 Å². The van der Waals surface area contributed by atoms with E-state index in [-0.39, 0.29) is 5.91 Å². The SMILES string of the molecule is COc1ccccc1Oc1ccc(CNC(=O)Cc2ccc(-n3cccn3)cc2)cc1. The molecular weight excluding hydrogens is 390 g/mol. The Morgan fingerprint density at radius 1 is 0.903 bits per heavy atom. The summed E-state index contributed by atoms with van der Waals surface area (Å²) < 4.78 is 13.0. The van der Waals surface area contributed by atoms with E-state index in [1.807, 2.05) is 85.1 Å². The summed E-state index contributed by atoms with van der Waals surface area (Å²) in [6, 6.07) is 24.8. The smallest absolute Gasteiger partial charge is 0.224 e. The summed E-state index contributed by atoms with van der Waals surface area (Å²) in [4.78, 5) is 12.3. The number of hydrogen-bond donors (Lipinski definition) is 1. The first-order chi connectivity index (χ1) is 15.2. The fourth-order valence-corrected chi connectivity index (χ4v) is 3.14. The first-order valence-electron chi connectivity index (χ1n) is 9.97. The molecule has 0 saturated heterocycles. The Morgan fingerprint density at radius 3 is 2.29 bits per heavy atom. The van der Waals surface area contributed by atoms with E-state index in [0.717, 1.165) is 16.8 Å². The fourth-order valence-electron chi connectivity index (χ4n) is 3.14. The maximum Gasteiger partial charge on any atom is 0.224 e. The van der Waals surface area contributed by atoms with Crippen LogP contribution in [0, 0.1) is 0 Å². The van der Waals surface area contributed by atoms with Crippen molar-refractivity contribution in [2.24, 2.45) is 0 Å². The highest BCUT2D eigenvalue weighted by Gasteiger charge is 2.06. The quantitative estimate of drug-likeness (QED) is 0.461. The molecule has 156 valence electrons. The summed E-state index contributed by atoms with van der Waals surface area (Å²) >= 11 is 0. The second-order valence-electron chi connectivity index (χ2n) is 6.97. The molecule has 0 aliphatic rings. The minimum atomic E-state index is -0.0267. The lowest BCUT2D eigenvalue weighted by molar-refractivity contribution is -0.120. The highest BCUT2D eigenvalue weighted by Crippen LogP contribution is 2.30. The van der Waals surface area contributed by atoms with Gasteiger partial charge in [0.2, 0.25) is 5.91 Å². The van der Waals surface area contributed by atoms with E-state index in [4.69, 9.17) is 9.47 Å². The van der Waals surface area contributed by atoms with Crippen LogP contribution in [0.2, 0.25) is 0 Å². The van der Waals surface area contributed by atoms with Gasteiger partial charge < -0.3 is 14.8 Å². The molecule has 0 unspecified atom stereocenters. The van der Waals surface area contributed by atoms with Crippen molar-refractivity contribution in [3.05, 3.63) is 102 Å². The van der Waals surface area contributed by atoms with Gasteiger partial charge in [-0.1, -0.05) is 36.4 Å². The van der Waals surface area contributed by atoms with Crippen LogP contribution >= 0.6 is 0 Å². The second-order valence-corrected chi connectivity index (χ2v) is 6.97. The van der Waals surface area contributed by atoms with Crippen molar-refractivity contribution >= 4 is 5.91 Å². The van der Waals surface area contributed by atoms with Gasteiger partial charge in [-0.25, -0.2) is 4.68 Å². The van der Waals surface area contributed by atoms with Crippen LogP contribution in [0.5, 0.6) is 17.2 Å². The maximum absolute atomic E-state index is 12.3. The number of para-hydroxylation sites is 2. The monoisotopic (exact) mass is 413 g/mol. The van der Waals surface area contributed by atoms with Crippen molar-refractivity contribution in [2.75, 3.05) is 7.11 Å². The van der Waals surface area contributed by atoms with E-state index in [1.54, 1.807) is 18.0 Å². The number of nitrogens with zero attached hydrogens (tertiary/aromatic N) is 2. The molecule has 1 amide bonds. The zero-order valence-corrected chi connectivity index (χ0v) is 17.2. The third-order valence-corrected chi connectivity index (χ3v) is 4.78. The van der Waals surface area contributed by atoms with Gasteiger partial charge in [-0.2, -0.15) is 5.10 Å². The molecule has 0 bridgehead atoms. The molecule has 1 N–H and O–H groups in total. The molecule has 4 aromatic rings. The lowest BCUT2D eigenvalue weighted by Crippen LogP contribution is -2.24. The van der Waals surface area contributed by atoms with Gasteiger partial charge in [0, 0.05) is 18.9 Å². The molecule has 31 heavy (non-hydrogen) atoms. The van der Waals surface area contributed by atoms with E-state index >= 15 is 0 Å². The minimum Gasteiger partial charge on any atom is -0.493 e. The van der Waals surface area contributed by atoms with E-state index in [2.05, 4.69) is 10.4 Å². The predicted octanol–water partition coefficient (Wildman–Crippen LogP) is 4.53. The van der Waals surface area contributed by atoms with E-state index in [9.17, 15) is 4.79 Å². The summed E-state index contributed by atoms with van der Waals surface area (Å²) in [6.07, 6.45) is 3.95. The molecule has 6 heteroatoms. The van der Waals surface area contributed by atoms with Gasteiger partial charge in [0.25, 0.3) is 0 Å². The summed E-state index contributed by atoms with van der Waals surface area (Å²) in [7, 11) is 1.61. The van der Waals surface area contributed by atoms with Gasteiger partial charge in [0.15, 0.2) is 11.5 Å². The lowest BCUT2D eigenvalue weighted by atomic mass is 10.1. The molecule has 3 aromatic carbocycles. The van der Waals surface area contributed by atoms with Crippen LogP contribution in [0.4, 0.5) is 0 Å². The number of amides is 1. The molecule has 0 fully saturated rings. The van der Waals surface area contributed by atoms with Crippen LogP contribution < -0.4 is 14.8 Å². The van der Waals surface area contributed by atoms with Crippen molar-refractivity contribution in [3.8, 4) is 22.9 Å². The van der Waals surface area contributed by atoms with Gasteiger partial charge in [-0.05, 0) is 53.6 Å². The number of carbonyl (C=O) groups excluding carboxylic acids is 1. The Balaban J connectivity index is 1.28. The number of methoxy groups -OCH3 is 1. The summed E-state index contributed by atoms with van der Waals surface area (Å²) in [6.45, 7) is 0.457. The molecule has 1 aromatic heterocycles. The van der Waals surface area contributed by atoms with E-state index in [0.29, 0.717) is 30.2 Å². The van der Waals surface area contributed by atoms with Crippen LogP contribution in [-0.2, 0) is 17.8 Å². The van der Waals surface area contributed by atoms with Crippen molar-refractivity contribution < 1.29 is 14.3 Å². The summed E-state index contributed by atoms with van der Waals surface area (Å²) in [5, 5.41) is 7.16. The molecule has 0 spiro atoms. The molecule has 4 rings (SSSR count). The molecule has 0 radical (unpaired) electrons. The first-order valence-corrected chi connectivity index (χ1v) is 9.97. The Morgan fingerprint density at radius 2 is 1.61 bits per heavy atom. The highest BCUT2D eigenvalue weighted by atomic mass is 16.5. The largest absolute Gasteiger partial charge is 0.493 e. The van der Waals surface area contributed by atoms with Crippen molar-refractivity contribution in [1.29, 1.82) is 0 Å². The number of nitrogens with one attached hydrogen (secondary N) is 1. The van der Waals surface area contributed by atoms with Crippen molar-refractivity contribution in [2.45, 2.75) is 13.0 Å². The number of carbonyl (C=O) groups is 1. The van der Waals surface area contributed by atoms with Crippen molar-refractivity contribution in [1.82, 2.24) is 15.1 Å². The average molecular weight is 413 g/mol. The zero-order chi connectivity index (χ0) is 21.5. The molecule has 0 saturated carbocycles. The van der Waals surface area contributed by atoms with Gasteiger partial charge in [0.05, 0.1) is 19.2 Å². The topological polar surface area (TPSA) is 65.4 Å². The van der Waals surface area contributed by atoms with Gasteiger partial charge in [-0.15, -0.1) is 0 Å². The average Bonchev–Trinajstić information content (AvgIpc) is 3.34. The zero-order valence-electron chi connectivity index (χ0n) is 17.2. The number of benzene rings is 3. The Bertz CT molecular complexity index is 1120. The second kappa shape index (κ2) is 9.63. The van der Waals surface area contributed by atoms with Gasteiger partial charge in [0.1, 0.15) is 5.75 Å². The van der Waals surface area contributed by atoms with Gasteiger partial charge in [-0.3, -0.25) is 4.79 Å². The van der Waals surface area contributed by atoms with E-state index in [1.165, 1.54) is 0 Å². The molecule has 0 atom stereocenters. The minimum absolute atomic E-state index is 0.0267. The van der Waals surface area contributed by atoms with Gasteiger partial charge >= 0.3 is 0 Å². The Kier molecular flexibility index (Phi) is 6.28. The Hall–Kier alpha value is -4.06. The molecular formula is C25H23N3O3. The number of rotatable bonds is 8. The maximum atomic E-state index is 12.3. The summed E-state index contributed by atoms with van der Waals surface area (Å²) in [5.74, 6) is 2.01. The summed E-state index contributed by atoms with van der Waals surface area (Å²) in [5.41, 5.74) is 2.91. The third-order valence-electron chi connectivity index (χ3n) is 4.78. The molecule has 0 aliphatic heterocycles. The fraction of sp³-hybridized carbons (Fsp3) is 0.120. The number of hydrogen-bond acceptors (Lipinski definition) is 4. The Labute approximate surface area is 181 Å². The van der Waals surface area contributed by atoms with Crippen LogP contribution in [0.15, 0.2) is 91.3 Å². The van der Waals surface area contributed by atoms with Crippen LogP contribution in [0.1, 0.15) is 11.1 Å². The number of aromatic nitrogens is 2. The normalized spacial score (nSPS) is 10.5.